The zero-order chi connectivity index (χ0) is 11.4. The highest BCUT2D eigenvalue weighted by Gasteiger charge is 2.13. The van der Waals surface area contributed by atoms with E-state index in [1.165, 1.54) is 27.1 Å². The van der Waals surface area contributed by atoms with Gasteiger partial charge in [-0.05, 0) is 54.2 Å². The predicted octanol–water partition coefficient (Wildman–Crippen LogP) is 3.34. The first-order valence-corrected chi connectivity index (χ1v) is 7.40. The molecule has 0 aromatic carbocycles. The first-order valence-electron chi connectivity index (χ1n) is 5.79. The SMILES string of the molecule is Cc1sc(CNCC2CCOCC2)cc1Br. The zero-order valence-corrected chi connectivity index (χ0v) is 12.0. The molecule has 2 nitrogen and oxygen atoms in total. The Morgan fingerprint density at radius 3 is 2.88 bits per heavy atom. The van der Waals surface area contributed by atoms with E-state index in [0.29, 0.717) is 0 Å². The van der Waals surface area contributed by atoms with Gasteiger partial charge in [-0.25, -0.2) is 0 Å². The van der Waals surface area contributed by atoms with E-state index >= 15 is 0 Å². The number of hydrogen-bond acceptors (Lipinski definition) is 3. The van der Waals surface area contributed by atoms with Gasteiger partial charge in [0.2, 0.25) is 0 Å². The number of aryl methyl sites for hydroxylation is 1. The Morgan fingerprint density at radius 2 is 2.25 bits per heavy atom. The smallest absolute Gasteiger partial charge is 0.0469 e. The van der Waals surface area contributed by atoms with E-state index in [2.05, 4.69) is 34.2 Å². The molecule has 1 saturated heterocycles. The molecule has 0 unspecified atom stereocenters. The van der Waals surface area contributed by atoms with Crippen molar-refractivity contribution in [1.82, 2.24) is 5.32 Å². The van der Waals surface area contributed by atoms with E-state index in [1.807, 2.05) is 11.3 Å². The molecular formula is C12H18BrNOS. The van der Waals surface area contributed by atoms with Gasteiger partial charge in [0, 0.05) is 34.0 Å². The molecule has 1 aromatic rings. The van der Waals surface area contributed by atoms with Crippen LogP contribution >= 0.6 is 27.3 Å². The van der Waals surface area contributed by atoms with Gasteiger partial charge in [-0.1, -0.05) is 0 Å². The number of thiophene rings is 1. The van der Waals surface area contributed by atoms with Crippen molar-refractivity contribution in [3.05, 3.63) is 20.3 Å². The summed E-state index contributed by atoms with van der Waals surface area (Å²) in [7, 11) is 0. The Hall–Kier alpha value is 0.100. The molecule has 90 valence electrons. The van der Waals surface area contributed by atoms with Gasteiger partial charge in [0.25, 0.3) is 0 Å². The lowest BCUT2D eigenvalue weighted by molar-refractivity contribution is 0.0662. The summed E-state index contributed by atoms with van der Waals surface area (Å²) in [6.07, 6.45) is 2.42. The van der Waals surface area contributed by atoms with E-state index in [0.717, 1.165) is 32.2 Å². The van der Waals surface area contributed by atoms with Gasteiger partial charge in [0.15, 0.2) is 0 Å². The van der Waals surface area contributed by atoms with Crippen molar-refractivity contribution in [2.75, 3.05) is 19.8 Å². The first-order chi connectivity index (χ1) is 7.75. The van der Waals surface area contributed by atoms with Crippen LogP contribution in [0.3, 0.4) is 0 Å². The van der Waals surface area contributed by atoms with Crippen LogP contribution in [0.25, 0.3) is 0 Å². The molecule has 1 aliphatic rings. The lowest BCUT2D eigenvalue weighted by Crippen LogP contribution is -2.27. The summed E-state index contributed by atoms with van der Waals surface area (Å²) in [5.74, 6) is 0.804. The molecule has 0 radical (unpaired) electrons. The third kappa shape index (κ3) is 3.55. The minimum absolute atomic E-state index is 0.804. The molecule has 1 aromatic heterocycles. The Kier molecular flexibility index (Phi) is 4.82. The van der Waals surface area contributed by atoms with Gasteiger partial charge in [-0.3, -0.25) is 0 Å². The van der Waals surface area contributed by atoms with Crippen molar-refractivity contribution in [3.8, 4) is 0 Å². The largest absolute Gasteiger partial charge is 0.381 e. The van der Waals surface area contributed by atoms with Crippen molar-refractivity contribution in [2.45, 2.75) is 26.3 Å². The molecule has 0 amide bonds. The van der Waals surface area contributed by atoms with E-state index < -0.39 is 0 Å². The molecule has 0 bridgehead atoms. The van der Waals surface area contributed by atoms with Crippen LogP contribution in [0.5, 0.6) is 0 Å². The molecule has 4 heteroatoms. The van der Waals surface area contributed by atoms with Crippen molar-refractivity contribution in [2.24, 2.45) is 5.92 Å². The van der Waals surface area contributed by atoms with E-state index in [9.17, 15) is 0 Å². The van der Waals surface area contributed by atoms with Crippen molar-refractivity contribution in [1.29, 1.82) is 0 Å². The number of rotatable bonds is 4. The highest BCUT2D eigenvalue weighted by molar-refractivity contribution is 9.10. The van der Waals surface area contributed by atoms with Gasteiger partial charge in [0.05, 0.1) is 0 Å². The molecule has 2 heterocycles. The molecular weight excluding hydrogens is 286 g/mol. The van der Waals surface area contributed by atoms with Gasteiger partial charge < -0.3 is 10.1 Å². The van der Waals surface area contributed by atoms with E-state index in [4.69, 9.17) is 4.74 Å². The summed E-state index contributed by atoms with van der Waals surface area (Å²) in [5, 5.41) is 3.55. The molecule has 1 fully saturated rings. The Balaban J connectivity index is 1.71. The van der Waals surface area contributed by atoms with Crippen molar-refractivity contribution in [3.63, 3.8) is 0 Å². The molecule has 2 rings (SSSR count). The molecule has 16 heavy (non-hydrogen) atoms. The maximum atomic E-state index is 5.35. The Morgan fingerprint density at radius 1 is 1.50 bits per heavy atom. The quantitative estimate of drug-likeness (QED) is 0.921. The fraction of sp³-hybridized carbons (Fsp3) is 0.667. The summed E-state index contributed by atoms with van der Waals surface area (Å²) < 4.78 is 6.59. The van der Waals surface area contributed by atoms with E-state index in [1.54, 1.807) is 0 Å². The number of ether oxygens (including phenoxy) is 1. The number of halogens is 1. The van der Waals surface area contributed by atoms with Crippen molar-refractivity contribution < 1.29 is 4.74 Å². The van der Waals surface area contributed by atoms with Crippen LogP contribution in [-0.4, -0.2) is 19.8 Å². The summed E-state index contributed by atoms with van der Waals surface area (Å²) in [6.45, 7) is 6.15. The first kappa shape index (κ1) is 12.6. The third-order valence-corrected chi connectivity index (χ3v) is 5.12. The summed E-state index contributed by atoms with van der Waals surface area (Å²) in [4.78, 5) is 2.78. The normalized spacial score (nSPS) is 17.9. The standard InChI is InChI=1S/C12H18BrNOS/c1-9-12(13)6-11(16-9)8-14-7-10-2-4-15-5-3-10/h6,10,14H,2-5,7-8H2,1H3. The Labute approximate surface area is 110 Å². The van der Waals surface area contributed by atoms with E-state index in [-0.39, 0.29) is 0 Å². The summed E-state index contributed by atoms with van der Waals surface area (Å²) in [5.41, 5.74) is 0. The number of nitrogens with one attached hydrogen (secondary N) is 1. The van der Waals surface area contributed by atoms with Gasteiger partial charge in [-0.15, -0.1) is 11.3 Å². The minimum Gasteiger partial charge on any atom is -0.381 e. The fourth-order valence-electron chi connectivity index (χ4n) is 1.95. The molecule has 0 saturated carbocycles. The van der Waals surface area contributed by atoms with Crippen LogP contribution in [0.15, 0.2) is 10.5 Å². The highest BCUT2D eigenvalue weighted by Crippen LogP contribution is 2.26. The topological polar surface area (TPSA) is 21.3 Å². The van der Waals surface area contributed by atoms with Crippen LogP contribution < -0.4 is 5.32 Å². The van der Waals surface area contributed by atoms with Crippen LogP contribution in [0.2, 0.25) is 0 Å². The Bertz CT molecular complexity index is 314. The second-order valence-electron chi connectivity index (χ2n) is 4.30. The summed E-state index contributed by atoms with van der Waals surface area (Å²) in [6, 6.07) is 2.22. The van der Waals surface area contributed by atoms with Crippen LogP contribution in [0.1, 0.15) is 22.6 Å². The monoisotopic (exact) mass is 303 g/mol. The van der Waals surface area contributed by atoms with Crippen LogP contribution in [-0.2, 0) is 11.3 Å². The lowest BCUT2D eigenvalue weighted by atomic mass is 10.0. The van der Waals surface area contributed by atoms with Crippen LogP contribution in [0, 0.1) is 12.8 Å². The second-order valence-corrected chi connectivity index (χ2v) is 6.50. The molecule has 0 aliphatic carbocycles. The predicted molar refractivity (Wildman–Crippen MR) is 72.0 cm³/mol. The average molecular weight is 304 g/mol. The minimum atomic E-state index is 0.804. The van der Waals surface area contributed by atoms with Gasteiger partial charge in [0.1, 0.15) is 0 Å². The molecule has 1 aliphatic heterocycles. The summed E-state index contributed by atoms with van der Waals surface area (Å²) >= 11 is 5.42. The third-order valence-electron chi connectivity index (χ3n) is 2.98. The maximum Gasteiger partial charge on any atom is 0.0469 e. The van der Waals surface area contributed by atoms with Gasteiger partial charge in [-0.2, -0.15) is 0 Å². The molecule has 0 spiro atoms. The maximum absolute atomic E-state index is 5.35. The van der Waals surface area contributed by atoms with Crippen molar-refractivity contribution >= 4 is 27.3 Å². The van der Waals surface area contributed by atoms with Crippen LogP contribution in [0.4, 0.5) is 0 Å². The molecule has 1 N–H and O–H groups in total. The average Bonchev–Trinajstić information content (AvgIpc) is 2.60. The zero-order valence-electron chi connectivity index (χ0n) is 9.59. The second kappa shape index (κ2) is 6.15. The molecule has 0 atom stereocenters. The fourth-order valence-corrected chi connectivity index (χ4v) is 3.53. The number of hydrogen-bond donors (Lipinski definition) is 1. The highest BCUT2D eigenvalue weighted by atomic mass is 79.9. The van der Waals surface area contributed by atoms with Gasteiger partial charge >= 0.3 is 0 Å². The lowest BCUT2D eigenvalue weighted by Gasteiger charge is -2.22.